The van der Waals surface area contributed by atoms with Crippen LogP contribution in [-0.2, 0) is 14.6 Å². The quantitative estimate of drug-likeness (QED) is 0.712. The van der Waals surface area contributed by atoms with Crippen molar-refractivity contribution in [2.75, 3.05) is 42.8 Å². The van der Waals surface area contributed by atoms with Gasteiger partial charge in [-0.05, 0) is 44.2 Å². The monoisotopic (exact) mass is 422 g/mol. The topological polar surface area (TPSA) is 92.3 Å². The van der Waals surface area contributed by atoms with Gasteiger partial charge in [0, 0.05) is 37.0 Å². The highest BCUT2D eigenvalue weighted by Gasteiger charge is 2.27. The molecule has 9 heteroatoms. The highest BCUT2D eigenvalue weighted by atomic mass is 32.2. The summed E-state index contributed by atoms with van der Waals surface area (Å²) >= 11 is 1.71. The molecule has 0 bridgehead atoms. The Morgan fingerprint density at radius 3 is 2.86 bits per heavy atom. The van der Waals surface area contributed by atoms with Crippen molar-refractivity contribution in [2.24, 2.45) is 5.92 Å². The standard InChI is InChI=1S/C19H26N4O3S2/c1-13-16-7-6-15(28(3,25)26)11-17(16)22-19(21-13)23-9-4-5-14(12-23)18(24)20-8-10-27-2/h6-7,11,14H,4-5,8-10,12H2,1-3H3,(H,20,24). The number of sulfone groups is 1. The maximum absolute atomic E-state index is 12.4. The third-order valence-electron chi connectivity index (χ3n) is 4.96. The third kappa shape index (κ3) is 4.75. The van der Waals surface area contributed by atoms with E-state index >= 15 is 0 Å². The predicted octanol–water partition coefficient (Wildman–Crippen LogP) is 2.04. The molecule has 1 aliphatic heterocycles. The van der Waals surface area contributed by atoms with E-state index in [0.29, 0.717) is 24.6 Å². The van der Waals surface area contributed by atoms with Gasteiger partial charge in [-0.25, -0.2) is 18.4 Å². The van der Waals surface area contributed by atoms with Crippen LogP contribution in [0.1, 0.15) is 18.5 Å². The number of rotatable bonds is 6. The smallest absolute Gasteiger partial charge is 0.226 e. The zero-order chi connectivity index (χ0) is 20.3. The summed E-state index contributed by atoms with van der Waals surface area (Å²) < 4.78 is 23.7. The van der Waals surface area contributed by atoms with Crippen molar-refractivity contribution in [3.63, 3.8) is 0 Å². The Hall–Kier alpha value is -1.87. The molecule has 1 aromatic heterocycles. The van der Waals surface area contributed by atoms with E-state index < -0.39 is 9.84 Å². The number of thioether (sulfide) groups is 1. The molecule has 7 nitrogen and oxygen atoms in total. The Kier molecular flexibility index (Phi) is 6.44. The average molecular weight is 423 g/mol. The molecular formula is C19H26N4O3S2. The van der Waals surface area contributed by atoms with Crippen LogP contribution in [0.5, 0.6) is 0 Å². The minimum Gasteiger partial charge on any atom is -0.355 e. The molecule has 1 fully saturated rings. The Morgan fingerprint density at radius 2 is 2.14 bits per heavy atom. The van der Waals surface area contributed by atoms with Gasteiger partial charge in [0.1, 0.15) is 0 Å². The first-order chi connectivity index (χ1) is 13.3. The molecule has 2 aromatic rings. The van der Waals surface area contributed by atoms with Crippen LogP contribution in [-0.4, -0.2) is 62.2 Å². The summed E-state index contributed by atoms with van der Waals surface area (Å²) in [6, 6.07) is 4.94. The second-order valence-electron chi connectivity index (χ2n) is 7.13. The van der Waals surface area contributed by atoms with Gasteiger partial charge in [0.15, 0.2) is 9.84 Å². The van der Waals surface area contributed by atoms with Crippen LogP contribution in [0.15, 0.2) is 23.1 Å². The molecule has 0 spiro atoms. The first kappa shape index (κ1) is 20.9. The molecule has 28 heavy (non-hydrogen) atoms. The lowest BCUT2D eigenvalue weighted by Crippen LogP contribution is -2.44. The van der Waals surface area contributed by atoms with Crippen molar-refractivity contribution in [1.82, 2.24) is 15.3 Å². The molecule has 0 radical (unpaired) electrons. The zero-order valence-electron chi connectivity index (χ0n) is 16.4. The fraction of sp³-hybridized carbons (Fsp3) is 0.526. The van der Waals surface area contributed by atoms with E-state index in [4.69, 9.17) is 0 Å². The number of aryl methyl sites for hydroxylation is 1. The highest BCUT2D eigenvalue weighted by molar-refractivity contribution is 7.98. The lowest BCUT2D eigenvalue weighted by Gasteiger charge is -2.32. The Bertz CT molecular complexity index is 979. The third-order valence-corrected chi connectivity index (χ3v) is 6.68. The van der Waals surface area contributed by atoms with E-state index in [1.165, 1.54) is 6.26 Å². The van der Waals surface area contributed by atoms with E-state index in [2.05, 4.69) is 15.3 Å². The van der Waals surface area contributed by atoms with Crippen LogP contribution < -0.4 is 10.2 Å². The van der Waals surface area contributed by atoms with Crippen molar-refractivity contribution >= 4 is 44.4 Å². The number of nitrogens with one attached hydrogen (secondary N) is 1. The molecule has 1 amide bonds. The number of nitrogens with zero attached hydrogens (tertiary/aromatic N) is 3. The van der Waals surface area contributed by atoms with Gasteiger partial charge in [0.25, 0.3) is 0 Å². The van der Waals surface area contributed by atoms with Crippen molar-refractivity contribution in [2.45, 2.75) is 24.7 Å². The molecule has 1 aromatic carbocycles. The van der Waals surface area contributed by atoms with E-state index in [0.717, 1.165) is 36.2 Å². The highest BCUT2D eigenvalue weighted by Crippen LogP contribution is 2.25. The van der Waals surface area contributed by atoms with Crippen molar-refractivity contribution in [3.05, 3.63) is 23.9 Å². The number of piperidine rings is 1. The van der Waals surface area contributed by atoms with Crippen LogP contribution in [0, 0.1) is 12.8 Å². The van der Waals surface area contributed by atoms with Gasteiger partial charge in [0.05, 0.1) is 22.0 Å². The van der Waals surface area contributed by atoms with Crippen LogP contribution in [0.3, 0.4) is 0 Å². The molecule has 1 unspecified atom stereocenters. The number of amides is 1. The SMILES string of the molecule is CSCCNC(=O)C1CCCN(c2nc(C)c3ccc(S(C)(=O)=O)cc3n2)C1. The summed E-state index contributed by atoms with van der Waals surface area (Å²) in [4.78, 5) is 23.9. The van der Waals surface area contributed by atoms with Gasteiger partial charge in [-0.1, -0.05) is 0 Å². The lowest BCUT2D eigenvalue weighted by atomic mass is 9.97. The van der Waals surface area contributed by atoms with Crippen molar-refractivity contribution in [1.29, 1.82) is 0 Å². The molecule has 0 aliphatic carbocycles. The Balaban J connectivity index is 1.84. The molecular weight excluding hydrogens is 396 g/mol. The van der Waals surface area contributed by atoms with Gasteiger partial charge in [-0.15, -0.1) is 0 Å². The minimum absolute atomic E-state index is 0.0793. The number of carbonyl (C=O) groups is 1. The fourth-order valence-corrected chi connectivity index (χ4v) is 4.37. The molecule has 2 heterocycles. The molecule has 1 aliphatic rings. The zero-order valence-corrected chi connectivity index (χ0v) is 18.1. The first-order valence-electron chi connectivity index (χ1n) is 9.29. The fourth-order valence-electron chi connectivity index (χ4n) is 3.42. The van der Waals surface area contributed by atoms with E-state index in [1.54, 1.807) is 30.0 Å². The maximum atomic E-state index is 12.4. The molecule has 1 N–H and O–H groups in total. The molecule has 3 rings (SSSR count). The van der Waals surface area contributed by atoms with Gasteiger partial charge in [0.2, 0.25) is 11.9 Å². The number of hydrogen-bond acceptors (Lipinski definition) is 7. The summed E-state index contributed by atoms with van der Waals surface area (Å²) in [5, 5.41) is 3.83. The second-order valence-corrected chi connectivity index (χ2v) is 10.1. The van der Waals surface area contributed by atoms with Gasteiger partial charge < -0.3 is 10.2 Å². The second kappa shape index (κ2) is 8.65. The number of carbonyl (C=O) groups excluding carboxylic acids is 1. The van der Waals surface area contributed by atoms with Gasteiger partial charge >= 0.3 is 0 Å². The van der Waals surface area contributed by atoms with Gasteiger partial charge in [-0.2, -0.15) is 11.8 Å². The van der Waals surface area contributed by atoms with Crippen LogP contribution in [0.2, 0.25) is 0 Å². The van der Waals surface area contributed by atoms with E-state index in [1.807, 2.05) is 18.1 Å². The van der Waals surface area contributed by atoms with E-state index in [9.17, 15) is 13.2 Å². The Morgan fingerprint density at radius 1 is 1.36 bits per heavy atom. The van der Waals surface area contributed by atoms with Crippen LogP contribution in [0.4, 0.5) is 5.95 Å². The molecule has 152 valence electrons. The lowest BCUT2D eigenvalue weighted by molar-refractivity contribution is -0.125. The van der Waals surface area contributed by atoms with Crippen LogP contribution >= 0.6 is 11.8 Å². The summed E-state index contributed by atoms with van der Waals surface area (Å²) in [7, 11) is -3.30. The van der Waals surface area contributed by atoms with Crippen molar-refractivity contribution < 1.29 is 13.2 Å². The van der Waals surface area contributed by atoms with E-state index in [-0.39, 0.29) is 16.7 Å². The number of anilines is 1. The molecule has 0 saturated carbocycles. The first-order valence-corrected chi connectivity index (χ1v) is 12.6. The normalized spacial score (nSPS) is 17.7. The summed E-state index contributed by atoms with van der Waals surface area (Å²) in [5.41, 5.74) is 1.41. The summed E-state index contributed by atoms with van der Waals surface area (Å²) in [6.07, 6.45) is 4.95. The predicted molar refractivity (Wildman–Crippen MR) is 114 cm³/mol. The number of aromatic nitrogens is 2. The maximum Gasteiger partial charge on any atom is 0.226 e. The number of benzene rings is 1. The summed E-state index contributed by atoms with van der Waals surface area (Å²) in [5.74, 6) is 1.45. The number of hydrogen-bond donors (Lipinski definition) is 1. The summed E-state index contributed by atoms with van der Waals surface area (Å²) in [6.45, 7) is 3.92. The molecule has 1 saturated heterocycles. The number of fused-ring (bicyclic) bond motifs is 1. The average Bonchev–Trinajstić information content (AvgIpc) is 2.67. The molecule has 1 atom stereocenters. The van der Waals surface area contributed by atoms with Crippen LogP contribution in [0.25, 0.3) is 10.9 Å². The van der Waals surface area contributed by atoms with Gasteiger partial charge in [-0.3, -0.25) is 4.79 Å². The minimum atomic E-state index is -3.30. The Labute approximate surface area is 170 Å². The van der Waals surface area contributed by atoms with Crippen molar-refractivity contribution in [3.8, 4) is 0 Å². The largest absolute Gasteiger partial charge is 0.355 e.